The van der Waals surface area contributed by atoms with Crippen LogP contribution < -0.4 is 9.47 Å². The summed E-state index contributed by atoms with van der Waals surface area (Å²) in [5.41, 5.74) is 2.73. The molecule has 0 saturated heterocycles. The molecule has 0 atom stereocenters. The first-order valence-corrected chi connectivity index (χ1v) is 13.1. The Morgan fingerprint density at radius 3 is 1.97 bits per heavy atom. The highest BCUT2D eigenvalue weighted by atomic mass is 35.5. The van der Waals surface area contributed by atoms with E-state index in [2.05, 4.69) is 50.2 Å². The maximum absolute atomic E-state index is 12.5. The summed E-state index contributed by atoms with van der Waals surface area (Å²) < 4.78 is 12.7. The standard InChI is InChI=1S/C31H33ClO3/c1-3-5-19-34-28-15-12-22-9-7-8-10-25(22)30(28)31-26-14-11-24(27(33)17-18-32)21-23(26)13-16-29(31)35-20-6-4-2/h7-16,21H,3-6,17-20H2,1-2H3. The minimum atomic E-state index is 0.0560. The summed E-state index contributed by atoms with van der Waals surface area (Å²) >= 11 is 5.82. The number of Topliss-reactive ketones (excluding diaryl/α,β-unsaturated/α-hetero) is 1. The number of hydrogen-bond donors (Lipinski definition) is 0. The second-order valence-corrected chi connectivity index (χ2v) is 9.18. The zero-order chi connectivity index (χ0) is 24.6. The Balaban J connectivity index is 1.97. The number of halogens is 1. The van der Waals surface area contributed by atoms with Gasteiger partial charge in [-0.2, -0.15) is 0 Å². The van der Waals surface area contributed by atoms with Crippen molar-refractivity contribution in [3.8, 4) is 22.6 Å². The molecule has 0 radical (unpaired) electrons. The van der Waals surface area contributed by atoms with Gasteiger partial charge >= 0.3 is 0 Å². The molecule has 0 spiro atoms. The molecule has 182 valence electrons. The minimum Gasteiger partial charge on any atom is -0.493 e. The van der Waals surface area contributed by atoms with E-state index in [0.29, 0.717) is 31.1 Å². The fraction of sp³-hybridized carbons (Fsp3) is 0.323. The van der Waals surface area contributed by atoms with E-state index in [-0.39, 0.29) is 5.78 Å². The van der Waals surface area contributed by atoms with Gasteiger partial charge in [-0.1, -0.05) is 75.2 Å². The maximum atomic E-state index is 12.5. The molecule has 0 aliphatic heterocycles. The Kier molecular flexibility index (Phi) is 8.65. The highest BCUT2D eigenvalue weighted by molar-refractivity contribution is 6.20. The van der Waals surface area contributed by atoms with Gasteiger partial charge in [0, 0.05) is 29.0 Å². The quantitative estimate of drug-likeness (QED) is 0.113. The second-order valence-electron chi connectivity index (χ2n) is 8.80. The summed E-state index contributed by atoms with van der Waals surface area (Å²) in [5, 5.41) is 4.31. The third kappa shape index (κ3) is 5.62. The third-order valence-electron chi connectivity index (χ3n) is 6.28. The predicted octanol–water partition coefficient (Wildman–Crippen LogP) is 8.83. The van der Waals surface area contributed by atoms with E-state index in [4.69, 9.17) is 21.1 Å². The molecule has 0 aliphatic carbocycles. The molecule has 0 fully saturated rings. The molecule has 0 amide bonds. The average molecular weight is 489 g/mol. The molecular weight excluding hydrogens is 456 g/mol. The van der Waals surface area contributed by atoms with E-state index in [9.17, 15) is 4.79 Å². The third-order valence-corrected chi connectivity index (χ3v) is 6.47. The van der Waals surface area contributed by atoms with Gasteiger partial charge in [-0.15, -0.1) is 11.6 Å². The lowest BCUT2D eigenvalue weighted by Gasteiger charge is -2.20. The molecule has 4 aromatic carbocycles. The number of rotatable bonds is 12. The smallest absolute Gasteiger partial charge is 0.164 e. The van der Waals surface area contributed by atoms with Gasteiger partial charge in [0.25, 0.3) is 0 Å². The molecule has 0 N–H and O–H groups in total. The summed E-state index contributed by atoms with van der Waals surface area (Å²) in [7, 11) is 0. The van der Waals surface area contributed by atoms with Gasteiger partial charge in [0.15, 0.2) is 5.78 Å². The Morgan fingerprint density at radius 1 is 0.743 bits per heavy atom. The molecule has 3 nitrogen and oxygen atoms in total. The van der Waals surface area contributed by atoms with E-state index >= 15 is 0 Å². The molecule has 4 heteroatoms. The fourth-order valence-corrected chi connectivity index (χ4v) is 4.55. The van der Waals surface area contributed by atoms with E-state index in [0.717, 1.165) is 69.9 Å². The Hall–Kier alpha value is -3.04. The zero-order valence-electron chi connectivity index (χ0n) is 20.6. The van der Waals surface area contributed by atoms with Crippen molar-refractivity contribution in [2.45, 2.75) is 46.0 Å². The number of unbranched alkanes of at least 4 members (excludes halogenated alkanes) is 2. The van der Waals surface area contributed by atoms with E-state index < -0.39 is 0 Å². The van der Waals surface area contributed by atoms with E-state index in [1.54, 1.807) is 0 Å². The summed E-state index contributed by atoms with van der Waals surface area (Å²) in [6.07, 6.45) is 4.44. The normalized spacial score (nSPS) is 11.2. The van der Waals surface area contributed by atoms with Crippen LogP contribution in [0.3, 0.4) is 0 Å². The monoisotopic (exact) mass is 488 g/mol. The van der Waals surface area contributed by atoms with Gasteiger partial charge in [-0.3, -0.25) is 4.79 Å². The summed E-state index contributed by atoms with van der Waals surface area (Å²) in [5.74, 6) is 2.07. The van der Waals surface area contributed by atoms with E-state index in [1.165, 1.54) is 0 Å². The first-order chi connectivity index (χ1) is 17.2. The van der Waals surface area contributed by atoms with Crippen molar-refractivity contribution in [2.75, 3.05) is 19.1 Å². The highest BCUT2D eigenvalue weighted by Crippen LogP contribution is 2.45. The first kappa shape index (κ1) is 25.1. The predicted molar refractivity (Wildman–Crippen MR) is 147 cm³/mol. The number of carbonyl (C=O) groups is 1. The number of ether oxygens (including phenoxy) is 2. The Morgan fingerprint density at radius 2 is 1.34 bits per heavy atom. The van der Waals surface area contributed by atoms with Crippen LogP contribution >= 0.6 is 11.6 Å². The molecule has 0 bridgehead atoms. The van der Waals surface area contributed by atoms with Crippen LogP contribution in [0.5, 0.6) is 11.5 Å². The fourth-order valence-electron chi connectivity index (χ4n) is 4.37. The Labute approximate surface area is 213 Å². The van der Waals surface area contributed by atoms with E-state index in [1.807, 2.05) is 30.3 Å². The lowest BCUT2D eigenvalue weighted by Crippen LogP contribution is -2.03. The number of ketones is 1. The summed E-state index contributed by atoms with van der Waals surface area (Å²) in [4.78, 5) is 12.5. The van der Waals surface area contributed by atoms with Crippen molar-refractivity contribution in [1.82, 2.24) is 0 Å². The minimum absolute atomic E-state index is 0.0560. The lowest BCUT2D eigenvalue weighted by atomic mass is 9.91. The van der Waals surface area contributed by atoms with Gasteiger partial charge in [0.1, 0.15) is 11.5 Å². The molecule has 0 aromatic heterocycles. The van der Waals surface area contributed by atoms with Crippen LogP contribution in [0.25, 0.3) is 32.7 Å². The molecule has 35 heavy (non-hydrogen) atoms. The lowest BCUT2D eigenvalue weighted by molar-refractivity contribution is 0.0989. The van der Waals surface area contributed by atoms with Gasteiger partial charge in [-0.05, 0) is 52.6 Å². The molecule has 0 saturated carbocycles. The van der Waals surface area contributed by atoms with Crippen molar-refractivity contribution in [3.05, 3.63) is 72.3 Å². The van der Waals surface area contributed by atoms with Crippen molar-refractivity contribution < 1.29 is 14.3 Å². The maximum Gasteiger partial charge on any atom is 0.164 e. The summed E-state index contributed by atoms with van der Waals surface area (Å²) in [6, 6.07) is 22.5. The molecule has 0 aliphatic rings. The first-order valence-electron chi connectivity index (χ1n) is 12.6. The van der Waals surface area contributed by atoms with Crippen LogP contribution in [0, 0.1) is 0 Å². The number of fused-ring (bicyclic) bond motifs is 2. The summed E-state index contributed by atoms with van der Waals surface area (Å²) in [6.45, 7) is 5.64. The number of hydrogen-bond acceptors (Lipinski definition) is 3. The Bertz CT molecular complexity index is 1310. The molecule has 4 rings (SSSR count). The molecule has 0 unspecified atom stereocenters. The van der Waals surface area contributed by atoms with Crippen LogP contribution in [0.2, 0.25) is 0 Å². The van der Waals surface area contributed by atoms with Crippen molar-refractivity contribution in [2.24, 2.45) is 0 Å². The van der Waals surface area contributed by atoms with Gasteiger partial charge < -0.3 is 9.47 Å². The second kappa shape index (κ2) is 12.1. The van der Waals surface area contributed by atoms with Crippen molar-refractivity contribution in [1.29, 1.82) is 0 Å². The number of benzene rings is 4. The van der Waals surface area contributed by atoms with Crippen LogP contribution in [-0.4, -0.2) is 24.9 Å². The van der Waals surface area contributed by atoms with Crippen LogP contribution in [0.15, 0.2) is 66.7 Å². The molecule has 4 aromatic rings. The van der Waals surface area contributed by atoms with Gasteiger partial charge in [0.05, 0.1) is 13.2 Å². The van der Waals surface area contributed by atoms with Gasteiger partial charge in [0.2, 0.25) is 0 Å². The number of alkyl halides is 1. The molecule has 0 heterocycles. The largest absolute Gasteiger partial charge is 0.493 e. The topological polar surface area (TPSA) is 35.5 Å². The van der Waals surface area contributed by atoms with Crippen LogP contribution in [0.1, 0.15) is 56.3 Å². The number of carbonyl (C=O) groups excluding carboxylic acids is 1. The SMILES string of the molecule is CCCCOc1ccc2ccccc2c1-c1c(OCCCC)ccc2cc(C(=O)CCCl)ccc12. The highest BCUT2D eigenvalue weighted by Gasteiger charge is 2.20. The average Bonchev–Trinajstić information content (AvgIpc) is 2.88. The van der Waals surface area contributed by atoms with Crippen LogP contribution in [-0.2, 0) is 0 Å². The van der Waals surface area contributed by atoms with Crippen molar-refractivity contribution in [3.63, 3.8) is 0 Å². The van der Waals surface area contributed by atoms with Crippen LogP contribution in [0.4, 0.5) is 0 Å². The van der Waals surface area contributed by atoms with Crippen molar-refractivity contribution >= 4 is 38.9 Å². The molecular formula is C31H33ClO3. The van der Waals surface area contributed by atoms with Gasteiger partial charge in [-0.25, -0.2) is 0 Å². The zero-order valence-corrected chi connectivity index (χ0v) is 21.4.